The summed E-state index contributed by atoms with van der Waals surface area (Å²) in [5.41, 5.74) is 2.01. The Hall–Kier alpha value is -2.39. The second-order valence-corrected chi connectivity index (χ2v) is 7.84. The lowest BCUT2D eigenvalue weighted by Crippen LogP contribution is -2.38. The normalized spacial score (nSPS) is 13.5. The van der Waals surface area contributed by atoms with Gasteiger partial charge in [0.15, 0.2) is 5.11 Å². The number of halogens is 2. The highest BCUT2D eigenvalue weighted by molar-refractivity contribution is 7.80. The number of thiocarbonyl (C=S) groups is 1. The lowest BCUT2D eigenvalue weighted by Gasteiger charge is -2.31. The number of anilines is 2. The summed E-state index contributed by atoms with van der Waals surface area (Å²) in [6, 6.07) is 9.73. The fourth-order valence-electron chi connectivity index (χ4n) is 3.06. The van der Waals surface area contributed by atoms with Crippen molar-refractivity contribution in [1.82, 2.24) is 5.32 Å². The molecular weight excluding hydrogens is 461 g/mol. The molecule has 1 fully saturated rings. The number of carbonyl (C=O) groups is 2. The second-order valence-electron chi connectivity index (χ2n) is 6.58. The molecule has 1 heterocycles. The highest BCUT2D eigenvalue weighted by Crippen LogP contribution is 2.29. The number of nitrogens with zero attached hydrogens (tertiary/aromatic N) is 1. The molecule has 1 amide bonds. The fourth-order valence-corrected chi connectivity index (χ4v) is 3.75. The van der Waals surface area contributed by atoms with Crippen molar-refractivity contribution in [3.8, 4) is 0 Å². The molecule has 1 aliphatic rings. The maximum Gasteiger partial charge on any atom is 0.338 e. The molecule has 3 rings (SSSR count). The van der Waals surface area contributed by atoms with Gasteiger partial charge in [0.1, 0.15) is 0 Å². The Morgan fingerprint density at radius 1 is 1.16 bits per heavy atom. The zero-order valence-electron chi connectivity index (χ0n) is 16.7. The predicted octanol–water partition coefficient (Wildman–Crippen LogP) is 4.13. The van der Waals surface area contributed by atoms with Gasteiger partial charge in [-0.1, -0.05) is 23.2 Å². The largest absolute Gasteiger partial charge is 0.462 e. The second kappa shape index (κ2) is 10.8. The number of ether oxygens (including phenoxy) is 2. The molecule has 1 saturated heterocycles. The summed E-state index contributed by atoms with van der Waals surface area (Å²) in [5.74, 6) is -0.921. The van der Waals surface area contributed by atoms with Crippen molar-refractivity contribution in [1.29, 1.82) is 0 Å². The van der Waals surface area contributed by atoms with Crippen molar-refractivity contribution in [3.63, 3.8) is 0 Å². The van der Waals surface area contributed by atoms with Crippen LogP contribution in [-0.4, -0.2) is 49.9 Å². The van der Waals surface area contributed by atoms with Crippen LogP contribution in [0.2, 0.25) is 10.0 Å². The molecule has 0 atom stereocenters. The van der Waals surface area contributed by atoms with E-state index in [0.717, 1.165) is 5.69 Å². The van der Waals surface area contributed by atoms with E-state index in [0.29, 0.717) is 42.6 Å². The quantitative estimate of drug-likeness (QED) is 0.490. The SMILES string of the molecule is CCOC(=O)c1ccc(N2CCOCC2)c(NC(=S)NC(=O)c2ccc(Cl)cc2Cl)c1. The van der Waals surface area contributed by atoms with Gasteiger partial charge < -0.3 is 19.7 Å². The minimum atomic E-state index is -0.478. The Labute approximate surface area is 195 Å². The number of hydrogen-bond acceptors (Lipinski definition) is 6. The molecular formula is C21H21Cl2N3O4S. The van der Waals surface area contributed by atoms with Crippen molar-refractivity contribution in [2.45, 2.75) is 6.92 Å². The van der Waals surface area contributed by atoms with Crippen LogP contribution in [0.5, 0.6) is 0 Å². The smallest absolute Gasteiger partial charge is 0.338 e. The first-order valence-corrected chi connectivity index (χ1v) is 10.8. The summed E-state index contributed by atoms with van der Waals surface area (Å²) >= 11 is 17.3. The van der Waals surface area contributed by atoms with Crippen molar-refractivity contribution in [2.24, 2.45) is 0 Å². The van der Waals surface area contributed by atoms with E-state index in [2.05, 4.69) is 15.5 Å². The van der Waals surface area contributed by atoms with Crippen LogP contribution < -0.4 is 15.5 Å². The van der Waals surface area contributed by atoms with Gasteiger partial charge >= 0.3 is 5.97 Å². The van der Waals surface area contributed by atoms with Crippen molar-refractivity contribution < 1.29 is 19.1 Å². The average Bonchev–Trinajstić information content (AvgIpc) is 2.74. The molecule has 2 N–H and O–H groups in total. The van der Waals surface area contributed by atoms with E-state index in [4.69, 9.17) is 44.9 Å². The lowest BCUT2D eigenvalue weighted by atomic mass is 10.1. The number of morpholine rings is 1. The number of nitrogens with one attached hydrogen (secondary N) is 2. The van der Waals surface area contributed by atoms with E-state index in [-0.39, 0.29) is 22.3 Å². The molecule has 7 nitrogen and oxygen atoms in total. The van der Waals surface area contributed by atoms with Crippen LogP contribution in [0.1, 0.15) is 27.6 Å². The predicted molar refractivity (Wildman–Crippen MR) is 126 cm³/mol. The van der Waals surface area contributed by atoms with Crippen molar-refractivity contribution in [2.75, 3.05) is 43.1 Å². The van der Waals surface area contributed by atoms with Crippen LogP contribution in [0.3, 0.4) is 0 Å². The maximum absolute atomic E-state index is 12.6. The number of carbonyl (C=O) groups excluding carboxylic acids is 2. The van der Waals surface area contributed by atoms with Crippen LogP contribution in [0, 0.1) is 0 Å². The zero-order chi connectivity index (χ0) is 22.4. The van der Waals surface area contributed by atoms with Crippen LogP contribution in [0.25, 0.3) is 0 Å². The van der Waals surface area contributed by atoms with E-state index < -0.39 is 11.9 Å². The Bertz CT molecular complexity index is 997. The first-order valence-electron chi connectivity index (χ1n) is 9.60. The van der Waals surface area contributed by atoms with E-state index >= 15 is 0 Å². The number of esters is 1. The molecule has 2 aromatic rings. The molecule has 0 aliphatic carbocycles. The fraction of sp³-hybridized carbons (Fsp3) is 0.286. The summed E-state index contributed by atoms with van der Waals surface area (Å²) in [5, 5.41) is 6.32. The summed E-state index contributed by atoms with van der Waals surface area (Å²) in [4.78, 5) is 26.9. The minimum absolute atomic E-state index is 0.0616. The molecule has 0 aromatic heterocycles. The summed E-state index contributed by atoms with van der Waals surface area (Å²) in [6.07, 6.45) is 0. The molecule has 0 radical (unpaired) electrons. The topological polar surface area (TPSA) is 79.9 Å². The lowest BCUT2D eigenvalue weighted by molar-refractivity contribution is 0.0526. The number of amides is 1. The Morgan fingerprint density at radius 2 is 1.90 bits per heavy atom. The molecule has 164 valence electrons. The van der Waals surface area contributed by atoms with Crippen LogP contribution in [-0.2, 0) is 9.47 Å². The van der Waals surface area contributed by atoms with Crippen LogP contribution >= 0.6 is 35.4 Å². The number of benzene rings is 2. The van der Waals surface area contributed by atoms with Gasteiger partial charge in [-0.25, -0.2) is 4.79 Å². The summed E-state index contributed by atoms with van der Waals surface area (Å²) < 4.78 is 10.5. The zero-order valence-corrected chi connectivity index (χ0v) is 19.1. The average molecular weight is 482 g/mol. The van der Waals surface area contributed by atoms with Crippen molar-refractivity contribution in [3.05, 3.63) is 57.6 Å². The summed E-state index contributed by atoms with van der Waals surface area (Å²) in [7, 11) is 0. The molecule has 2 aromatic carbocycles. The molecule has 10 heteroatoms. The van der Waals surface area contributed by atoms with E-state index in [1.165, 1.54) is 12.1 Å². The first-order chi connectivity index (χ1) is 14.9. The van der Waals surface area contributed by atoms with Gasteiger partial charge in [0.25, 0.3) is 5.91 Å². The monoisotopic (exact) mass is 481 g/mol. The Balaban J connectivity index is 1.81. The standard InChI is InChI=1S/C21H21Cl2N3O4S/c1-2-30-20(28)13-3-6-18(26-7-9-29-10-8-26)17(11-13)24-21(31)25-19(27)15-5-4-14(22)12-16(15)23/h3-6,11-12H,2,7-10H2,1H3,(H2,24,25,27,31). The Morgan fingerprint density at radius 3 is 2.58 bits per heavy atom. The van der Waals surface area contributed by atoms with Gasteiger partial charge in [0.05, 0.1) is 47.3 Å². The molecule has 0 unspecified atom stereocenters. The summed E-state index contributed by atoms with van der Waals surface area (Å²) in [6.45, 7) is 4.57. The third-order valence-electron chi connectivity index (χ3n) is 4.51. The maximum atomic E-state index is 12.6. The first kappa shape index (κ1) is 23.3. The van der Waals surface area contributed by atoms with Gasteiger partial charge in [-0.15, -0.1) is 0 Å². The Kier molecular flexibility index (Phi) is 8.09. The van der Waals surface area contributed by atoms with Gasteiger partial charge in [0.2, 0.25) is 0 Å². The van der Waals surface area contributed by atoms with Gasteiger partial charge in [-0.05, 0) is 55.5 Å². The molecule has 0 saturated carbocycles. The van der Waals surface area contributed by atoms with Gasteiger partial charge in [-0.2, -0.15) is 0 Å². The highest BCUT2D eigenvalue weighted by atomic mass is 35.5. The van der Waals surface area contributed by atoms with E-state index in [9.17, 15) is 9.59 Å². The number of hydrogen-bond donors (Lipinski definition) is 2. The molecule has 31 heavy (non-hydrogen) atoms. The van der Waals surface area contributed by atoms with E-state index in [1.54, 1.807) is 25.1 Å². The highest BCUT2D eigenvalue weighted by Gasteiger charge is 2.19. The third kappa shape index (κ3) is 6.07. The van der Waals surface area contributed by atoms with Crippen molar-refractivity contribution >= 4 is 63.8 Å². The van der Waals surface area contributed by atoms with Crippen LogP contribution in [0.4, 0.5) is 11.4 Å². The third-order valence-corrected chi connectivity index (χ3v) is 5.26. The molecule has 0 spiro atoms. The van der Waals surface area contributed by atoms with E-state index in [1.807, 2.05) is 6.07 Å². The van der Waals surface area contributed by atoms with Crippen LogP contribution in [0.15, 0.2) is 36.4 Å². The number of rotatable bonds is 5. The molecule has 1 aliphatic heterocycles. The molecule has 0 bridgehead atoms. The van der Waals surface area contributed by atoms with Gasteiger partial charge in [0, 0.05) is 18.1 Å². The minimum Gasteiger partial charge on any atom is -0.462 e. The van der Waals surface area contributed by atoms with Gasteiger partial charge in [-0.3, -0.25) is 10.1 Å².